The van der Waals surface area contributed by atoms with Gasteiger partial charge in [0.15, 0.2) is 0 Å². The standard InChI is InChI=1S/C9H13ClN4O/c1-14-7(10)4-12-8(14)5-11-6-2-9(15)13-3-6/h4,6,11H,2-3,5H2,1H3,(H,13,15). The third kappa shape index (κ3) is 2.30. The number of rotatable bonds is 3. The lowest BCUT2D eigenvalue weighted by atomic mass is 10.2. The maximum Gasteiger partial charge on any atom is 0.221 e. The first-order chi connectivity index (χ1) is 7.16. The highest BCUT2D eigenvalue weighted by Gasteiger charge is 2.20. The van der Waals surface area contributed by atoms with Crippen LogP contribution in [0.3, 0.4) is 0 Å². The average Bonchev–Trinajstić information content (AvgIpc) is 2.74. The van der Waals surface area contributed by atoms with Gasteiger partial charge in [-0.05, 0) is 0 Å². The minimum Gasteiger partial charge on any atom is -0.354 e. The third-order valence-electron chi connectivity index (χ3n) is 2.55. The van der Waals surface area contributed by atoms with E-state index < -0.39 is 0 Å². The summed E-state index contributed by atoms with van der Waals surface area (Å²) in [6, 6.07) is 0.202. The Morgan fingerprint density at radius 2 is 2.60 bits per heavy atom. The SMILES string of the molecule is Cn1c(Cl)cnc1CNC1CNC(=O)C1. The fourth-order valence-electron chi connectivity index (χ4n) is 1.57. The van der Waals surface area contributed by atoms with Crippen molar-refractivity contribution in [3.63, 3.8) is 0 Å². The van der Waals surface area contributed by atoms with Crippen molar-refractivity contribution in [3.05, 3.63) is 17.2 Å². The fraction of sp³-hybridized carbons (Fsp3) is 0.556. The number of imidazole rings is 1. The Morgan fingerprint density at radius 1 is 1.80 bits per heavy atom. The molecule has 2 rings (SSSR count). The van der Waals surface area contributed by atoms with Gasteiger partial charge in [0.1, 0.15) is 11.0 Å². The van der Waals surface area contributed by atoms with Crippen LogP contribution in [0.1, 0.15) is 12.2 Å². The summed E-state index contributed by atoms with van der Waals surface area (Å²) in [5, 5.41) is 6.65. The lowest BCUT2D eigenvalue weighted by Crippen LogP contribution is -2.31. The minimum absolute atomic E-state index is 0.102. The summed E-state index contributed by atoms with van der Waals surface area (Å²) in [5.74, 6) is 0.977. The van der Waals surface area contributed by atoms with Gasteiger partial charge in [-0.2, -0.15) is 0 Å². The largest absolute Gasteiger partial charge is 0.354 e. The van der Waals surface area contributed by atoms with E-state index in [1.807, 2.05) is 11.6 Å². The van der Waals surface area contributed by atoms with Gasteiger partial charge in [0.05, 0.1) is 12.7 Å². The minimum atomic E-state index is 0.102. The van der Waals surface area contributed by atoms with E-state index in [1.54, 1.807) is 6.20 Å². The van der Waals surface area contributed by atoms with Gasteiger partial charge in [-0.25, -0.2) is 4.98 Å². The van der Waals surface area contributed by atoms with E-state index in [0.29, 0.717) is 24.7 Å². The molecule has 1 aromatic rings. The summed E-state index contributed by atoms with van der Waals surface area (Å²) in [6.07, 6.45) is 2.16. The van der Waals surface area contributed by atoms with E-state index >= 15 is 0 Å². The first-order valence-corrected chi connectivity index (χ1v) is 5.21. The zero-order valence-corrected chi connectivity index (χ0v) is 9.21. The van der Waals surface area contributed by atoms with Crippen LogP contribution in [-0.2, 0) is 18.4 Å². The third-order valence-corrected chi connectivity index (χ3v) is 2.91. The molecule has 15 heavy (non-hydrogen) atoms. The molecule has 2 N–H and O–H groups in total. The molecule has 82 valence electrons. The second-order valence-corrected chi connectivity index (χ2v) is 4.03. The summed E-state index contributed by atoms with van der Waals surface area (Å²) in [4.78, 5) is 15.1. The van der Waals surface area contributed by atoms with Gasteiger partial charge < -0.3 is 15.2 Å². The maximum atomic E-state index is 10.9. The van der Waals surface area contributed by atoms with Crippen molar-refractivity contribution in [1.82, 2.24) is 20.2 Å². The molecule has 1 atom stereocenters. The molecule has 6 heteroatoms. The van der Waals surface area contributed by atoms with Crippen molar-refractivity contribution < 1.29 is 4.79 Å². The molecule has 1 aliphatic heterocycles. The number of amides is 1. The highest BCUT2D eigenvalue weighted by atomic mass is 35.5. The molecule has 0 spiro atoms. The van der Waals surface area contributed by atoms with E-state index in [9.17, 15) is 4.79 Å². The van der Waals surface area contributed by atoms with E-state index in [0.717, 1.165) is 5.82 Å². The molecule has 5 nitrogen and oxygen atoms in total. The molecule has 0 radical (unpaired) electrons. The normalized spacial score (nSPS) is 20.7. The molecule has 1 fully saturated rings. The fourth-order valence-corrected chi connectivity index (χ4v) is 1.72. The Morgan fingerprint density at radius 3 is 3.13 bits per heavy atom. The molecule has 0 bridgehead atoms. The predicted molar refractivity (Wildman–Crippen MR) is 56.5 cm³/mol. The summed E-state index contributed by atoms with van der Waals surface area (Å²) >= 11 is 5.85. The zero-order chi connectivity index (χ0) is 10.8. The highest BCUT2D eigenvalue weighted by Crippen LogP contribution is 2.09. The van der Waals surface area contributed by atoms with Crippen LogP contribution in [0.15, 0.2) is 6.20 Å². The van der Waals surface area contributed by atoms with E-state index in [1.165, 1.54) is 0 Å². The highest BCUT2D eigenvalue weighted by molar-refractivity contribution is 6.29. The molecule has 2 heterocycles. The van der Waals surface area contributed by atoms with Gasteiger partial charge in [-0.1, -0.05) is 11.6 Å². The molecule has 1 aromatic heterocycles. The van der Waals surface area contributed by atoms with Gasteiger partial charge >= 0.3 is 0 Å². The lowest BCUT2D eigenvalue weighted by Gasteiger charge is -2.09. The second kappa shape index (κ2) is 4.20. The summed E-state index contributed by atoms with van der Waals surface area (Å²) in [6.45, 7) is 1.32. The number of nitrogens with zero attached hydrogens (tertiary/aromatic N) is 2. The molecule has 1 unspecified atom stereocenters. The van der Waals surface area contributed by atoms with Crippen LogP contribution in [0.4, 0.5) is 0 Å². The average molecular weight is 229 g/mol. The first-order valence-electron chi connectivity index (χ1n) is 4.83. The molecule has 0 aliphatic carbocycles. The number of nitrogens with one attached hydrogen (secondary N) is 2. The molecule has 1 aliphatic rings. The van der Waals surface area contributed by atoms with Crippen LogP contribution in [0.5, 0.6) is 0 Å². The van der Waals surface area contributed by atoms with Gasteiger partial charge in [0.2, 0.25) is 5.91 Å². The zero-order valence-electron chi connectivity index (χ0n) is 8.46. The lowest BCUT2D eigenvalue weighted by molar-refractivity contribution is -0.119. The van der Waals surface area contributed by atoms with Crippen molar-refractivity contribution in [2.24, 2.45) is 7.05 Å². The summed E-state index contributed by atoms with van der Waals surface area (Å²) < 4.78 is 1.82. The van der Waals surface area contributed by atoms with E-state index in [-0.39, 0.29) is 11.9 Å². The number of halogens is 1. The van der Waals surface area contributed by atoms with Gasteiger partial charge in [-0.3, -0.25) is 4.79 Å². The Bertz CT molecular complexity index is 376. The van der Waals surface area contributed by atoms with Crippen molar-refractivity contribution in [1.29, 1.82) is 0 Å². The Kier molecular flexibility index (Phi) is 2.93. The number of hydrogen-bond acceptors (Lipinski definition) is 3. The number of carbonyl (C=O) groups is 1. The maximum absolute atomic E-state index is 10.9. The molecule has 1 amide bonds. The molecule has 0 aromatic carbocycles. The van der Waals surface area contributed by atoms with Crippen LogP contribution >= 0.6 is 11.6 Å². The van der Waals surface area contributed by atoms with Crippen LogP contribution in [0.25, 0.3) is 0 Å². The van der Waals surface area contributed by atoms with E-state index in [2.05, 4.69) is 15.6 Å². The van der Waals surface area contributed by atoms with Crippen molar-refractivity contribution in [3.8, 4) is 0 Å². The van der Waals surface area contributed by atoms with Gasteiger partial charge in [0, 0.05) is 26.1 Å². The van der Waals surface area contributed by atoms with Gasteiger partial charge in [-0.15, -0.1) is 0 Å². The van der Waals surface area contributed by atoms with Crippen LogP contribution in [-0.4, -0.2) is 28.0 Å². The van der Waals surface area contributed by atoms with Crippen molar-refractivity contribution in [2.45, 2.75) is 19.0 Å². The second-order valence-electron chi connectivity index (χ2n) is 3.64. The molecule has 0 saturated carbocycles. The first kappa shape index (κ1) is 10.4. The van der Waals surface area contributed by atoms with Crippen LogP contribution in [0, 0.1) is 0 Å². The van der Waals surface area contributed by atoms with Crippen molar-refractivity contribution >= 4 is 17.5 Å². The molecular formula is C9H13ClN4O. The monoisotopic (exact) mass is 228 g/mol. The number of aromatic nitrogens is 2. The quantitative estimate of drug-likeness (QED) is 0.769. The number of hydrogen-bond donors (Lipinski definition) is 2. The Labute approximate surface area is 92.8 Å². The predicted octanol–water partition coefficient (Wildman–Crippen LogP) is 0.0516. The van der Waals surface area contributed by atoms with Crippen molar-refractivity contribution in [2.75, 3.05) is 6.54 Å². The number of carbonyl (C=O) groups excluding carboxylic acids is 1. The molecule has 1 saturated heterocycles. The Hall–Kier alpha value is -1.07. The van der Waals surface area contributed by atoms with Crippen LogP contribution in [0.2, 0.25) is 5.15 Å². The topological polar surface area (TPSA) is 59.0 Å². The molecular weight excluding hydrogens is 216 g/mol. The smallest absolute Gasteiger partial charge is 0.221 e. The van der Waals surface area contributed by atoms with Crippen LogP contribution < -0.4 is 10.6 Å². The summed E-state index contributed by atoms with van der Waals surface area (Å²) in [7, 11) is 1.87. The van der Waals surface area contributed by atoms with Gasteiger partial charge in [0.25, 0.3) is 0 Å². The summed E-state index contributed by atoms with van der Waals surface area (Å²) in [5.41, 5.74) is 0. The van der Waals surface area contributed by atoms with E-state index in [4.69, 9.17) is 11.6 Å². The Balaban J connectivity index is 1.88.